The molecule has 0 radical (unpaired) electrons. The van der Waals surface area contributed by atoms with E-state index in [0.717, 1.165) is 25.1 Å². The smallest absolute Gasteiger partial charge is 0.293 e. The van der Waals surface area contributed by atoms with Crippen molar-refractivity contribution in [3.63, 3.8) is 0 Å². The van der Waals surface area contributed by atoms with Crippen LogP contribution in [0.1, 0.15) is 34.1 Å². The zero-order valence-corrected chi connectivity index (χ0v) is 18.5. The van der Waals surface area contributed by atoms with Gasteiger partial charge in [-0.05, 0) is 44.2 Å². The SMILES string of the molecule is Cc1nc(C)c(C(=O)Nc2ccc(F)c(-c3nc4ncc(C5=CCCN(C)C5)cn4n3)c2)o1. The number of carbonyl (C=O) groups excluding carboxylic acids is 1. The molecule has 0 saturated carbocycles. The second-order valence-electron chi connectivity index (χ2n) is 8.07. The molecule has 0 saturated heterocycles. The van der Waals surface area contributed by atoms with Crippen LogP contribution in [0.15, 0.2) is 41.1 Å². The Morgan fingerprint density at radius 2 is 2.09 bits per heavy atom. The fourth-order valence-corrected chi connectivity index (χ4v) is 3.87. The molecule has 0 aliphatic carbocycles. The number of rotatable bonds is 4. The van der Waals surface area contributed by atoms with Crippen molar-refractivity contribution < 1.29 is 13.6 Å². The van der Waals surface area contributed by atoms with Crippen LogP contribution in [0.4, 0.5) is 10.1 Å². The molecule has 0 spiro atoms. The Labute approximate surface area is 189 Å². The van der Waals surface area contributed by atoms with Crippen LogP contribution in [0.5, 0.6) is 0 Å². The molecule has 0 fully saturated rings. The number of hydrogen-bond acceptors (Lipinski definition) is 7. The molecule has 5 rings (SSSR count). The molecule has 9 nitrogen and oxygen atoms in total. The maximum atomic E-state index is 14.7. The third kappa shape index (κ3) is 4.12. The van der Waals surface area contributed by atoms with Gasteiger partial charge in [0.1, 0.15) is 5.82 Å². The van der Waals surface area contributed by atoms with E-state index in [-0.39, 0.29) is 17.1 Å². The quantitative estimate of drug-likeness (QED) is 0.511. The third-order valence-electron chi connectivity index (χ3n) is 5.48. The first-order valence-electron chi connectivity index (χ1n) is 10.5. The minimum absolute atomic E-state index is 0.114. The van der Waals surface area contributed by atoms with Crippen molar-refractivity contribution in [2.75, 3.05) is 25.5 Å². The van der Waals surface area contributed by atoms with Gasteiger partial charge < -0.3 is 14.6 Å². The van der Waals surface area contributed by atoms with E-state index in [0.29, 0.717) is 23.0 Å². The number of nitrogens with one attached hydrogen (secondary N) is 1. The van der Waals surface area contributed by atoms with E-state index in [1.807, 2.05) is 6.20 Å². The Balaban J connectivity index is 1.45. The van der Waals surface area contributed by atoms with Crippen LogP contribution in [-0.4, -0.2) is 55.5 Å². The molecular formula is C23H22FN7O2. The lowest BCUT2D eigenvalue weighted by molar-refractivity contribution is 0.0994. The normalized spacial score (nSPS) is 14.5. The number of nitrogens with zero attached hydrogens (tertiary/aromatic N) is 6. The van der Waals surface area contributed by atoms with Crippen molar-refractivity contribution in [1.82, 2.24) is 29.5 Å². The lowest BCUT2D eigenvalue weighted by Crippen LogP contribution is -2.25. The summed E-state index contributed by atoms with van der Waals surface area (Å²) in [5.41, 5.74) is 3.14. The molecule has 4 aromatic rings. The molecule has 168 valence electrons. The molecule has 0 unspecified atom stereocenters. The highest BCUT2D eigenvalue weighted by Crippen LogP contribution is 2.25. The molecular weight excluding hydrogens is 425 g/mol. The number of oxazole rings is 1. The Morgan fingerprint density at radius 3 is 2.85 bits per heavy atom. The van der Waals surface area contributed by atoms with Crippen LogP contribution < -0.4 is 5.32 Å². The summed E-state index contributed by atoms with van der Waals surface area (Å²) in [4.78, 5) is 27.6. The molecule has 3 aromatic heterocycles. The zero-order valence-electron chi connectivity index (χ0n) is 18.5. The maximum Gasteiger partial charge on any atom is 0.293 e. The minimum Gasteiger partial charge on any atom is -0.436 e. The number of hydrogen-bond donors (Lipinski definition) is 1. The highest BCUT2D eigenvalue weighted by molar-refractivity contribution is 6.03. The standard InChI is InChI=1S/C23H22FN7O2/c1-13-20(33-14(2)26-13)22(32)27-17-6-7-19(24)18(9-17)21-28-23-25-10-16(12-31(23)29-21)15-5-4-8-30(3)11-15/h5-7,9-10,12H,4,8,11H2,1-3H3,(H,27,32). The first-order chi connectivity index (χ1) is 15.9. The summed E-state index contributed by atoms with van der Waals surface area (Å²) in [6.07, 6.45) is 6.78. The van der Waals surface area contributed by atoms with Gasteiger partial charge in [0.05, 0.1) is 11.3 Å². The van der Waals surface area contributed by atoms with Gasteiger partial charge >= 0.3 is 0 Å². The van der Waals surface area contributed by atoms with Crippen LogP contribution in [0, 0.1) is 19.7 Å². The summed E-state index contributed by atoms with van der Waals surface area (Å²) in [7, 11) is 2.08. The second kappa shape index (κ2) is 8.21. The predicted molar refractivity (Wildman–Crippen MR) is 120 cm³/mol. The molecule has 10 heteroatoms. The average Bonchev–Trinajstić information content (AvgIpc) is 3.36. The topological polar surface area (TPSA) is 101 Å². The highest BCUT2D eigenvalue weighted by atomic mass is 19.1. The summed E-state index contributed by atoms with van der Waals surface area (Å²) >= 11 is 0. The summed E-state index contributed by atoms with van der Waals surface area (Å²) in [5, 5.41) is 7.15. The van der Waals surface area contributed by atoms with Gasteiger partial charge in [0, 0.05) is 43.7 Å². The van der Waals surface area contributed by atoms with Gasteiger partial charge in [0.2, 0.25) is 5.76 Å². The van der Waals surface area contributed by atoms with Gasteiger partial charge in [-0.2, -0.15) is 4.98 Å². The second-order valence-corrected chi connectivity index (χ2v) is 8.07. The van der Waals surface area contributed by atoms with E-state index >= 15 is 0 Å². The number of anilines is 1. The summed E-state index contributed by atoms with van der Waals surface area (Å²) < 4.78 is 21.6. The summed E-state index contributed by atoms with van der Waals surface area (Å²) in [6, 6.07) is 4.21. The van der Waals surface area contributed by atoms with E-state index in [1.165, 1.54) is 23.8 Å². The molecule has 1 N–H and O–H groups in total. The molecule has 1 amide bonds. The van der Waals surface area contributed by atoms with Crippen LogP contribution in [0.25, 0.3) is 22.7 Å². The van der Waals surface area contributed by atoms with Gasteiger partial charge in [-0.3, -0.25) is 4.79 Å². The number of amides is 1. The summed E-state index contributed by atoms with van der Waals surface area (Å²) in [6.45, 7) is 5.20. The average molecular weight is 447 g/mol. The lowest BCUT2D eigenvalue weighted by Gasteiger charge is -2.22. The van der Waals surface area contributed by atoms with Gasteiger partial charge in [-0.1, -0.05) is 6.08 Å². The van der Waals surface area contributed by atoms with Crippen molar-refractivity contribution in [3.05, 3.63) is 65.4 Å². The number of aryl methyl sites for hydroxylation is 2. The zero-order chi connectivity index (χ0) is 23.1. The van der Waals surface area contributed by atoms with Crippen LogP contribution >= 0.6 is 0 Å². The van der Waals surface area contributed by atoms with Crippen LogP contribution in [0.3, 0.4) is 0 Å². The van der Waals surface area contributed by atoms with Gasteiger partial charge in [0.25, 0.3) is 11.7 Å². The van der Waals surface area contributed by atoms with Gasteiger partial charge in [0.15, 0.2) is 11.7 Å². The number of halogens is 1. The number of benzene rings is 1. The van der Waals surface area contributed by atoms with Crippen molar-refractivity contribution in [2.24, 2.45) is 0 Å². The largest absolute Gasteiger partial charge is 0.436 e. The van der Waals surface area contributed by atoms with Gasteiger partial charge in [-0.15, -0.1) is 5.10 Å². The maximum absolute atomic E-state index is 14.7. The molecule has 1 aromatic carbocycles. The van der Waals surface area contributed by atoms with Crippen molar-refractivity contribution >= 4 is 22.9 Å². The van der Waals surface area contributed by atoms with E-state index in [1.54, 1.807) is 24.6 Å². The highest BCUT2D eigenvalue weighted by Gasteiger charge is 2.19. The number of fused-ring (bicyclic) bond motifs is 1. The molecule has 1 aliphatic rings. The third-order valence-corrected chi connectivity index (χ3v) is 5.48. The molecule has 4 heterocycles. The molecule has 33 heavy (non-hydrogen) atoms. The molecule has 0 bridgehead atoms. The van der Waals surface area contributed by atoms with Crippen LogP contribution in [0.2, 0.25) is 0 Å². The van der Waals surface area contributed by atoms with E-state index < -0.39 is 11.7 Å². The van der Waals surface area contributed by atoms with Crippen LogP contribution in [-0.2, 0) is 0 Å². The van der Waals surface area contributed by atoms with Gasteiger partial charge in [-0.25, -0.2) is 18.9 Å². The van der Waals surface area contributed by atoms with E-state index in [4.69, 9.17) is 4.42 Å². The predicted octanol–water partition coefficient (Wildman–Crippen LogP) is 3.51. The fourth-order valence-electron chi connectivity index (χ4n) is 3.87. The number of aromatic nitrogens is 5. The Kier molecular flexibility index (Phi) is 5.21. The van der Waals surface area contributed by atoms with Crippen molar-refractivity contribution in [2.45, 2.75) is 20.3 Å². The summed E-state index contributed by atoms with van der Waals surface area (Å²) in [5.74, 6) is 0.0744. The Morgan fingerprint density at radius 1 is 1.24 bits per heavy atom. The van der Waals surface area contributed by atoms with E-state index in [9.17, 15) is 9.18 Å². The minimum atomic E-state index is -0.507. The fraction of sp³-hybridized carbons (Fsp3) is 0.261. The first-order valence-corrected chi connectivity index (χ1v) is 10.5. The molecule has 0 atom stereocenters. The Hall–Kier alpha value is -3.92. The van der Waals surface area contributed by atoms with Crippen molar-refractivity contribution in [3.8, 4) is 11.4 Å². The lowest BCUT2D eigenvalue weighted by atomic mass is 10.0. The molecule has 1 aliphatic heterocycles. The number of likely N-dealkylation sites (N-methyl/N-ethyl adjacent to an activating group) is 1. The van der Waals surface area contributed by atoms with E-state index in [2.05, 4.69) is 43.4 Å². The number of carbonyl (C=O) groups is 1. The van der Waals surface area contributed by atoms with Crippen molar-refractivity contribution in [1.29, 1.82) is 0 Å². The Bertz CT molecular complexity index is 1410. The first kappa shape index (κ1) is 21.0. The monoisotopic (exact) mass is 447 g/mol.